The highest BCUT2D eigenvalue weighted by Crippen LogP contribution is 2.43. The van der Waals surface area contributed by atoms with E-state index in [1.807, 2.05) is 21.1 Å². The molecule has 9 nitrogen and oxygen atoms in total. The molecule has 0 radical (unpaired) electrons. The van der Waals surface area contributed by atoms with Gasteiger partial charge in [-0.15, -0.1) is 0 Å². The molecule has 2 atom stereocenters. The van der Waals surface area contributed by atoms with Gasteiger partial charge in [0.05, 0.1) is 27.7 Å². The molecule has 0 rings (SSSR count). The second-order valence-electron chi connectivity index (χ2n) is 27.7. The number of unbranched alkanes of at least 4 members (excludes halogenated alkanes) is 21. The average Bonchev–Trinajstić information content (AvgIpc) is 0.920. The number of quaternary nitrogens is 1. The van der Waals surface area contributed by atoms with Gasteiger partial charge in [-0.3, -0.25) is 18.6 Å². The zero-order valence-electron chi connectivity index (χ0n) is 66.7. The number of carbonyl (C=O) groups excluding carboxylic acids is 2. The molecule has 0 aromatic heterocycles. The topological polar surface area (TPSA) is 108 Å². The summed E-state index contributed by atoms with van der Waals surface area (Å²) in [6, 6.07) is 0. The molecule has 104 heavy (non-hydrogen) atoms. The van der Waals surface area contributed by atoms with Crippen molar-refractivity contribution in [1.82, 2.24) is 0 Å². The van der Waals surface area contributed by atoms with Gasteiger partial charge in [0.1, 0.15) is 19.8 Å². The number of allylic oxidation sites excluding steroid dienone is 38. The molecule has 0 bridgehead atoms. The smallest absolute Gasteiger partial charge is 0.462 e. The van der Waals surface area contributed by atoms with Crippen LogP contribution in [0.2, 0.25) is 0 Å². The van der Waals surface area contributed by atoms with Crippen LogP contribution in [0.4, 0.5) is 0 Å². The van der Waals surface area contributed by atoms with E-state index in [1.54, 1.807) is 0 Å². The summed E-state index contributed by atoms with van der Waals surface area (Å²) in [7, 11) is 1.45. The van der Waals surface area contributed by atoms with E-state index in [0.29, 0.717) is 17.4 Å². The van der Waals surface area contributed by atoms with E-state index in [9.17, 15) is 19.0 Å². The van der Waals surface area contributed by atoms with Crippen LogP contribution in [0.1, 0.15) is 296 Å². The van der Waals surface area contributed by atoms with Crippen LogP contribution in [0.25, 0.3) is 0 Å². The zero-order valence-corrected chi connectivity index (χ0v) is 67.6. The maximum Gasteiger partial charge on any atom is 0.472 e. The average molecular weight is 1450 g/mol. The number of esters is 2. The maximum absolute atomic E-state index is 12.9. The van der Waals surface area contributed by atoms with Gasteiger partial charge in [0.25, 0.3) is 0 Å². The van der Waals surface area contributed by atoms with Gasteiger partial charge in [0.2, 0.25) is 0 Å². The minimum absolute atomic E-state index is 0.0197. The number of hydrogen-bond acceptors (Lipinski definition) is 7. The summed E-state index contributed by atoms with van der Waals surface area (Å²) in [4.78, 5) is 36.0. The van der Waals surface area contributed by atoms with Crippen molar-refractivity contribution in [2.24, 2.45) is 0 Å². The first-order valence-corrected chi connectivity index (χ1v) is 42.6. The quantitative estimate of drug-likeness (QED) is 0.0211. The molecule has 0 fully saturated rings. The summed E-state index contributed by atoms with van der Waals surface area (Å²) in [5, 5.41) is 0. The summed E-state index contributed by atoms with van der Waals surface area (Å²) >= 11 is 0. The summed E-state index contributed by atoms with van der Waals surface area (Å²) in [6.45, 7) is 4.18. The fraction of sp³-hybridized carbons (Fsp3) is 0.574. The second-order valence-corrected chi connectivity index (χ2v) is 29.1. The summed E-state index contributed by atoms with van der Waals surface area (Å²) in [6.07, 6.45) is 130. The molecule has 10 heteroatoms. The SMILES string of the molecule is CC/C=C\C/C=C\C/C=C\C/C=C\C/C=C\C/C=C\C/C=C\C/C=C\C/C=C\C/C=C\CCCCCCCCCCCCC(=O)OC(COC(=O)CCCCCCCCCCCCC/C=C\C/C=C\C/C=C\C/C=C\C/C=C\C/C=C\C/C=C\C/C=C\C/C=C\CC)COP(=O)(O)OCC[N+](C)(C)C. The zero-order chi connectivity index (χ0) is 75.4. The number of phosphoric acid groups is 1. The van der Waals surface area contributed by atoms with Crippen molar-refractivity contribution in [2.45, 2.75) is 302 Å². The van der Waals surface area contributed by atoms with Crippen LogP contribution in [0.5, 0.6) is 0 Å². The molecule has 2 unspecified atom stereocenters. The first kappa shape index (κ1) is 98.1. The molecule has 0 saturated carbocycles. The maximum atomic E-state index is 12.9. The first-order valence-electron chi connectivity index (χ1n) is 41.1. The molecule has 0 aromatic carbocycles. The highest BCUT2D eigenvalue weighted by Gasteiger charge is 2.27. The highest BCUT2D eigenvalue weighted by molar-refractivity contribution is 7.47. The van der Waals surface area contributed by atoms with Crippen LogP contribution in [0.3, 0.4) is 0 Å². The number of nitrogens with zero attached hydrogens (tertiary/aromatic N) is 1. The van der Waals surface area contributed by atoms with Gasteiger partial charge in [0, 0.05) is 12.8 Å². The van der Waals surface area contributed by atoms with E-state index >= 15 is 0 Å². The lowest BCUT2D eigenvalue weighted by molar-refractivity contribution is -0.870. The van der Waals surface area contributed by atoms with E-state index in [2.05, 4.69) is 245 Å². The van der Waals surface area contributed by atoms with Gasteiger partial charge in [-0.25, -0.2) is 4.57 Å². The molecule has 0 amide bonds. The van der Waals surface area contributed by atoms with Gasteiger partial charge in [-0.2, -0.15) is 0 Å². The molecule has 1 N–H and O–H groups in total. The van der Waals surface area contributed by atoms with E-state index in [1.165, 1.54) is 83.5 Å². The Morgan fingerprint density at radius 1 is 0.298 bits per heavy atom. The van der Waals surface area contributed by atoms with Crippen molar-refractivity contribution in [3.05, 3.63) is 231 Å². The van der Waals surface area contributed by atoms with Gasteiger partial charge in [0.15, 0.2) is 6.10 Å². The van der Waals surface area contributed by atoms with Crippen molar-refractivity contribution in [2.75, 3.05) is 47.5 Å². The van der Waals surface area contributed by atoms with Crippen LogP contribution in [0, 0.1) is 0 Å². The Hall–Kier alpha value is -5.93. The van der Waals surface area contributed by atoms with Crippen LogP contribution in [0.15, 0.2) is 231 Å². The van der Waals surface area contributed by atoms with E-state index in [-0.39, 0.29) is 32.0 Å². The molecule has 584 valence electrons. The van der Waals surface area contributed by atoms with Gasteiger partial charge >= 0.3 is 19.8 Å². The summed E-state index contributed by atoms with van der Waals surface area (Å²) in [5.41, 5.74) is 0. The minimum atomic E-state index is -4.41. The normalized spacial score (nSPS) is 14.2. The Morgan fingerprint density at radius 2 is 0.519 bits per heavy atom. The van der Waals surface area contributed by atoms with Crippen molar-refractivity contribution < 1.29 is 42.1 Å². The van der Waals surface area contributed by atoms with Crippen LogP contribution >= 0.6 is 7.82 Å². The lowest BCUT2D eigenvalue weighted by Gasteiger charge is -2.24. The van der Waals surface area contributed by atoms with Crippen molar-refractivity contribution in [1.29, 1.82) is 0 Å². The van der Waals surface area contributed by atoms with Crippen molar-refractivity contribution >= 4 is 19.8 Å². The van der Waals surface area contributed by atoms with Crippen molar-refractivity contribution in [3.8, 4) is 0 Å². The standard InChI is InChI=1S/C94H150NO8P/c1-6-8-10-12-14-16-18-20-22-24-26-28-30-32-34-36-38-40-42-44-46-47-49-51-53-55-57-59-61-63-65-67-69-71-73-75-77-79-81-83-85-87-94(97)103-92(91-102-104(98,99)101-89-88-95(3,4)5)90-100-93(96)86-84-82-80-78-76-74-72-70-68-66-64-62-60-58-56-54-52-50-48-45-43-41-39-37-35-33-31-29-27-25-23-21-19-17-15-13-11-9-7-2/h8-11,14-17,20-23,26-29,32-35,38-41,44-46,48-49,51-52,54-55,57-58,60-61,63,92H,6-7,12-13,18-19,24-25,30-31,36-37,42-43,47,50,53,56,59,62,64-91H2,1-5H3/p+1/b10-8-,11-9-,16-14-,17-15-,22-20-,23-21-,28-26-,29-27-,34-32-,35-33-,40-38-,41-39-,46-44-,48-45-,51-49-,54-52-,57-55-,60-58-,63-61-. The van der Waals surface area contributed by atoms with Gasteiger partial charge < -0.3 is 18.9 Å². The van der Waals surface area contributed by atoms with Crippen LogP contribution in [-0.2, 0) is 32.7 Å². The van der Waals surface area contributed by atoms with E-state index in [0.717, 1.165) is 180 Å². The first-order chi connectivity index (χ1) is 51.0. The molecule has 0 heterocycles. The van der Waals surface area contributed by atoms with E-state index in [4.69, 9.17) is 18.5 Å². The summed E-state index contributed by atoms with van der Waals surface area (Å²) < 4.78 is 34.8. The lowest BCUT2D eigenvalue weighted by Crippen LogP contribution is -2.37. The third kappa shape index (κ3) is 85.0. The number of carbonyl (C=O) groups is 2. The molecule has 0 aliphatic heterocycles. The number of phosphoric ester groups is 1. The van der Waals surface area contributed by atoms with Crippen LogP contribution in [-0.4, -0.2) is 74.9 Å². The fourth-order valence-corrected chi connectivity index (χ4v) is 11.2. The number of rotatable bonds is 73. The number of hydrogen-bond donors (Lipinski definition) is 1. The summed E-state index contributed by atoms with van der Waals surface area (Å²) in [5.74, 6) is -0.816. The monoisotopic (exact) mass is 1450 g/mol. The van der Waals surface area contributed by atoms with Gasteiger partial charge in [-0.05, 0) is 161 Å². The molecule has 0 aromatic rings. The second kappa shape index (κ2) is 81.2. The van der Waals surface area contributed by atoms with Gasteiger partial charge in [-0.1, -0.05) is 354 Å². The molecule has 0 saturated heterocycles. The molecule has 0 spiro atoms. The fourth-order valence-electron chi connectivity index (χ4n) is 10.5. The molecule has 0 aliphatic carbocycles. The third-order valence-electron chi connectivity index (χ3n) is 16.7. The Morgan fingerprint density at radius 3 is 0.769 bits per heavy atom. The predicted octanol–water partition coefficient (Wildman–Crippen LogP) is 28.1. The molecular formula is C94H151NO8P+. The lowest BCUT2D eigenvalue weighted by atomic mass is 10.0. The minimum Gasteiger partial charge on any atom is -0.462 e. The Labute approximate surface area is 639 Å². The van der Waals surface area contributed by atoms with Crippen molar-refractivity contribution in [3.63, 3.8) is 0 Å². The predicted molar refractivity (Wildman–Crippen MR) is 454 cm³/mol. The van der Waals surface area contributed by atoms with E-state index < -0.39 is 26.5 Å². The number of ether oxygens (including phenoxy) is 2. The number of likely N-dealkylation sites (N-methyl/N-ethyl adjacent to an activating group) is 1. The molecular weight excluding hydrogens is 1300 g/mol. The Balaban J connectivity index is 4.08. The largest absolute Gasteiger partial charge is 0.472 e. The molecule has 0 aliphatic rings. The third-order valence-corrected chi connectivity index (χ3v) is 17.7. The van der Waals surface area contributed by atoms with Crippen LogP contribution < -0.4 is 0 Å². The Kier molecular flexibility index (Phi) is 76.5. The highest BCUT2D eigenvalue weighted by atomic mass is 31.2. The Bertz CT molecular complexity index is 2620.